The van der Waals surface area contributed by atoms with E-state index in [9.17, 15) is 14.4 Å². The second kappa shape index (κ2) is 31.3. The van der Waals surface area contributed by atoms with E-state index in [0.29, 0.717) is 0 Å². The molecule has 0 aromatic rings. The Balaban J connectivity index is -0.000000177. The van der Waals surface area contributed by atoms with Crippen LogP contribution < -0.4 is 0 Å². The highest BCUT2D eigenvalue weighted by atomic mass is 17.2. The summed E-state index contributed by atoms with van der Waals surface area (Å²) in [5.41, 5.74) is 0. The van der Waals surface area contributed by atoms with Crippen molar-refractivity contribution >= 4 is 17.9 Å². The van der Waals surface area contributed by atoms with E-state index in [1.165, 1.54) is 0 Å². The topological polar surface area (TPSA) is 130 Å². The number of carboxylic acids is 3. The van der Waals surface area contributed by atoms with Gasteiger partial charge in [-0.1, -0.05) is 68.2 Å². The maximum Gasteiger partial charge on any atom is 0.306 e. The predicted molar refractivity (Wildman–Crippen MR) is 137 cm³/mol. The summed E-state index contributed by atoms with van der Waals surface area (Å²) in [6.45, 7) is 17.1. The van der Waals surface area contributed by atoms with Crippen molar-refractivity contribution in [2.75, 3.05) is 13.2 Å². The normalized spacial score (nSPS) is 9.97. The summed E-state index contributed by atoms with van der Waals surface area (Å²) in [4.78, 5) is 40.2. The molecule has 0 spiro atoms. The number of rotatable bonds is 16. The monoisotopic (exact) mass is 494 g/mol. The molecular weight excluding hydrogens is 440 g/mol. The van der Waals surface area contributed by atoms with Crippen LogP contribution in [0.25, 0.3) is 0 Å². The molecule has 0 unspecified atom stereocenters. The first-order valence-electron chi connectivity index (χ1n) is 13.0. The maximum absolute atomic E-state index is 10.2. The minimum Gasteiger partial charge on any atom is -0.481 e. The van der Waals surface area contributed by atoms with Crippen LogP contribution in [0.2, 0.25) is 0 Å². The summed E-state index contributed by atoms with van der Waals surface area (Å²) < 4.78 is 0. The van der Waals surface area contributed by atoms with Gasteiger partial charge in [0.2, 0.25) is 0 Å². The van der Waals surface area contributed by atoms with Crippen LogP contribution in [0.1, 0.15) is 120 Å². The third-order valence-corrected chi connectivity index (χ3v) is 5.25. The summed E-state index contributed by atoms with van der Waals surface area (Å²) in [7, 11) is 0. The molecule has 0 amide bonds. The highest BCUT2D eigenvalue weighted by Crippen LogP contribution is 2.07. The highest BCUT2D eigenvalue weighted by Gasteiger charge is 2.11. The molecule has 34 heavy (non-hydrogen) atoms. The summed E-state index contributed by atoms with van der Waals surface area (Å²) in [6, 6.07) is 0. The van der Waals surface area contributed by atoms with Crippen LogP contribution in [0.3, 0.4) is 0 Å². The van der Waals surface area contributed by atoms with E-state index in [4.69, 9.17) is 25.1 Å². The number of hydrogen-bond donors (Lipinski definition) is 3. The lowest BCUT2D eigenvalue weighted by molar-refractivity contribution is -0.295. The molecule has 0 aliphatic carbocycles. The zero-order chi connectivity index (χ0) is 27.4. The molecule has 0 saturated heterocycles. The molecule has 0 aromatic heterocycles. The van der Waals surface area contributed by atoms with Crippen molar-refractivity contribution in [3.63, 3.8) is 0 Å². The third kappa shape index (κ3) is 30.3. The lowest BCUT2D eigenvalue weighted by Crippen LogP contribution is -2.10. The van der Waals surface area contributed by atoms with Crippen LogP contribution >= 0.6 is 0 Å². The largest absolute Gasteiger partial charge is 0.481 e. The third-order valence-electron chi connectivity index (χ3n) is 5.25. The molecule has 0 fully saturated rings. The van der Waals surface area contributed by atoms with Gasteiger partial charge in [-0.25, -0.2) is 9.78 Å². The average Bonchev–Trinajstić information content (AvgIpc) is 2.79. The fourth-order valence-electron chi connectivity index (χ4n) is 2.44. The Labute approximate surface area is 208 Å². The molecule has 0 aromatic carbocycles. The van der Waals surface area contributed by atoms with Crippen LogP contribution in [0.15, 0.2) is 0 Å². The Morgan fingerprint density at radius 3 is 0.794 bits per heavy atom. The molecule has 0 heterocycles. The van der Waals surface area contributed by atoms with E-state index in [2.05, 4.69) is 13.8 Å². The van der Waals surface area contributed by atoms with Gasteiger partial charge < -0.3 is 15.3 Å². The number of carbonyl (C=O) groups is 3. The molecule has 0 radical (unpaired) electrons. The van der Waals surface area contributed by atoms with Crippen molar-refractivity contribution in [2.45, 2.75) is 120 Å². The molecule has 0 atom stereocenters. The Kier molecular flexibility index (Phi) is 36.4. The molecule has 0 aliphatic heterocycles. The molecular formula is C26H54O8. The van der Waals surface area contributed by atoms with Crippen LogP contribution in [0, 0.1) is 17.8 Å². The Morgan fingerprint density at radius 2 is 0.706 bits per heavy atom. The Morgan fingerprint density at radius 1 is 0.500 bits per heavy atom. The molecule has 206 valence electrons. The maximum atomic E-state index is 10.2. The van der Waals surface area contributed by atoms with Gasteiger partial charge in [0.25, 0.3) is 0 Å². The van der Waals surface area contributed by atoms with Crippen molar-refractivity contribution in [2.24, 2.45) is 17.8 Å². The summed E-state index contributed by atoms with van der Waals surface area (Å²) in [6.07, 6.45) is 8.96. The standard InChI is InChI=1S/C8H18O2.3C6H12O2/c1-3-5-7-9-10-8-6-4-2;3*1-3-5(4-2)6(7)8/h3-8H2,1-2H3;3*5H,3-4H2,1-2H3,(H,7,8). The SMILES string of the molecule is CCC(CC)C(=O)O.CCC(CC)C(=O)O.CCC(CC)C(=O)O.CCCCOOCCCC. The second-order valence-electron chi connectivity index (χ2n) is 7.91. The molecule has 0 aliphatic rings. The van der Waals surface area contributed by atoms with E-state index < -0.39 is 17.9 Å². The zero-order valence-corrected chi connectivity index (χ0v) is 23.1. The number of unbranched alkanes of at least 4 members (excludes halogenated alkanes) is 2. The first kappa shape index (κ1) is 39.5. The number of carboxylic acid groups (broad SMARTS) is 3. The highest BCUT2D eigenvalue weighted by molar-refractivity contribution is 5.70. The van der Waals surface area contributed by atoms with Crippen LogP contribution in [-0.2, 0) is 24.2 Å². The van der Waals surface area contributed by atoms with Gasteiger partial charge in [-0.05, 0) is 51.4 Å². The van der Waals surface area contributed by atoms with E-state index in [1.807, 2.05) is 41.5 Å². The van der Waals surface area contributed by atoms with E-state index in [-0.39, 0.29) is 17.8 Å². The molecule has 0 saturated carbocycles. The molecule has 0 bridgehead atoms. The minimum atomic E-state index is -0.671. The summed E-state index contributed by atoms with van der Waals surface area (Å²) in [5, 5.41) is 25.1. The zero-order valence-electron chi connectivity index (χ0n) is 23.1. The summed E-state index contributed by atoms with van der Waals surface area (Å²) >= 11 is 0. The van der Waals surface area contributed by atoms with Gasteiger partial charge in [0, 0.05) is 0 Å². The minimum absolute atomic E-state index is 0.130. The van der Waals surface area contributed by atoms with Crippen molar-refractivity contribution in [3.8, 4) is 0 Å². The smallest absolute Gasteiger partial charge is 0.306 e. The predicted octanol–water partition coefficient (Wildman–Crippen LogP) is 7.06. The lowest BCUT2D eigenvalue weighted by Gasteiger charge is -2.02. The van der Waals surface area contributed by atoms with E-state index in [1.54, 1.807) is 0 Å². The first-order valence-corrected chi connectivity index (χ1v) is 13.0. The van der Waals surface area contributed by atoms with Gasteiger partial charge in [-0.15, -0.1) is 0 Å². The van der Waals surface area contributed by atoms with Gasteiger partial charge in [-0.2, -0.15) is 0 Å². The molecule has 0 rings (SSSR count). The Hall–Kier alpha value is -1.67. The van der Waals surface area contributed by atoms with Gasteiger partial charge >= 0.3 is 17.9 Å². The molecule has 8 nitrogen and oxygen atoms in total. The number of aliphatic carboxylic acids is 3. The van der Waals surface area contributed by atoms with E-state index in [0.717, 1.165) is 77.4 Å². The average molecular weight is 495 g/mol. The van der Waals surface area contributed by atoms with Crippen molar-refractivity contribution < 1.29 is 39.5 Å². The van der Waals surface area contributed by atoms with Crippen molar-refractivity contribution in [1.82, 2.24) is 0 Å². The van der Waals surface area contributed by atoms with Gasteiger partial charge in [0.05, 0.1) is 31.0 Å². The van der Waals surface area contributed by atoms with Gasteiger partial charge in [0.15, 0.2) is 0 Å². The summed E-state index contributed by atoms with van der Waals surface area (Å²) in [5.74, 6) is -2.40. The molecule has 3 N–H and O–H groups in total. The van der Waals surface area contributed by atoms with Crippen molar-refractivity contribution in [1.29, 1.82) is 0 Å². The fraction of sp³-hybridized carbons (Fsp3) is 0.885. The van der Waals surface area contributed by atoms with E-state index >= 15 is 0 Å². The second-order valence-corrected chi connectivity index (χ2v) is 7.91. The van der Waals surface area contributed by atoms with Gasteiger partial charge in [-0.3, -0.25) is 14.4 Å². The van der Waals surface area contributed by atoms with Gasteiger partial charge in [0.1, 0.15) is 0 Å². The van der Waals surface area contributed by atoms with Crippen LogP contribution in [0.4, 0.5) is 0 Å². The fourth-order valence-corrected chi connectivity index (χ4v) is 2.44. The lowest BCUT2D eigenvalue weighted by atomic mass is 10.1. The Bertz CT molecular complexity index is 382. The quantitative estimate of drug-likeness (QED) is 0.118. The number of hydrogen-bond acceptors (Lipinski definition) is 5. The van der Waals surface area contributed by atoms with Crippen molar-refractivity contribution in [3.05, 3.63) is 0 Å². The first-order chi connectivity index (χ1) is 16.1. The molecule has 8 heteroatoms. The van der Waals surface area contributed by atoms with Crippen LogP contribution in [0.5, 0.6) is 0 Å². The van der Waals surface area contributed by atoms with Crippen LogP contribution in [-0.4, -0.2) is 46.4 Å².